The third-order valence-electron chi connectivity index (χ3n) is 7.13. The molecule has 0 unspecified atom stereocenters. The van der Waals surface area contributed by atoms with Gasteiger partial charge >= 0.3 is 6.18 Å². The predicted octanol–water partition coefficient (Wildman–Crippen LogP) is 4.45. The normalized spacial score (nSPS) is 18.4. The Kier molecular flexibility index (Phi) is 6.44. The minimum Gasteiger partial charge on any atom is -0.368 e. The van der Waals surface area contributed by atoms with Gasteiger partial charge < -0.3 is 14.8 Å². The van der Waals surface area contributed by atoms with Crippen LogP contribution in [0.25, 0.3) is 11.0 Å². The third kappa shape index (κ3) is 5.29. The summed E-state index contributed by atoms with van der Waals surface area (Å²) < 4.78 is 39.1. The average Bonchev–Trinajstić information content (AvgIpc) is 3.25. The number of likely N-dealkylation sites (tertiary alicyclic amines) is 1. The quantitative estimate of drug-likeness (QED) is 0.593. The second-order valence-corrected chi connectivity index (χ2v) is 9.61. The zero-order valence-electron chi connectivity index (χ0n) is 19.8. The van der Waals surface area contributed by atoms with Crippen molar-refractivity contribution < 1.29 is 18.0 Å². The van der Waals surface area contributed by atoms with Crippen LogP contribution in [-0.4, -0.2) is 64.9 Å². The van der Waals surface area contributed by atoms with E-state index in [1.807, 2.05) is 15.9 Å². The minimum atomic E-state index is -4.36. The fourth-order valence-electron chi connectivity index (χ4n) is 5.12. The van der Waals surface area contributed by atoms with Gasteiger partial charge in [-0.3, -0.25) is 9.69 Å². The van der Waals surface area contributed by atoms with Crippen LogP contribution in [0.1, 0.15) is 29.8 Å². The second-order valence-electron chi connectivity index (χ2n) is 9.61. The lowest BCUT2D eigenvalue weighted by Gasteiger charge is -2.39. The molecule has 2 aliphatic heterocycles. The highest BCUT2D eigenvalue weighted by Gasteiger charge is 2.33. The van der Waals surface area contributed by atoms with E-state index in [0.29, 0.717) is 31.9 Å². The lowest BCUT2D eigenvalue weighted by Crippen LogP contribution is -2.51. The molecule has 35 heavy (non-hydrogen) atoms. The highest BCUT2D eigenvalue weighted by molar-refractivity contribution is 5.79. The first kappa shape index (κ1) is 23.7. The maximum absolute atomic E-state index is 13.1. The Morgan fingerprint density at radius 2 is 1.77 bits per heavy atom. The largest absolute Gasteiger partial charge is 0.416 e. The van der Waals surface area contributed by atoms with Crippen molar-refractivity contribution in [1.82, 2.24) is 19.8 Å². The van der Waals surface area contributed by atoms with Gasteiger partial charge in [0.2, 0.25) is 5.91 Å². The van der Waals surface area contributed by atoms with Gasteiger partial charge in [-0.05, 0) is 68.8 Å². The number of alkyl halides is 3. The van der Waals surface area contributed by atoms with E-state index < -0.39 is 11.7 Å². The van der Waals surface area contributed by atoms with Crippen LogP contribution < -0.4 is 4.90 Å². The number of halogens is 3. The van der Waals surface area contributed by atoms with Crippen LogP contribution in [0.2, 0.25) is 0 Å². The third-order valence-corrected chi connectivity index (χ3v) is 7.13. The van der Waals surface area contributed by atoms with Gasteiger partial charge in [-0.15, -0.1) is 0 Å². The van der Waals surface area contributed by atoms with Gasteiger partial charge in [-0.1, -0.05) is 12.1 Å². The number of imidazole rings is 1. The summed E-state index contributed by atoms with van der Waals surface area (Å²) in [6, 6.07) is 11.6. The zero-order valence-corrected chi connectivity index (χ0v) is 19.8. The van der Waals surface area contributed by atoms with Crippen LogP contribution in [0, 0.1) is 12.8 Å². The lowest BCUT2D eigenvalue weighted by molar-refractivity contribution is -0.138. The van der Waals surface area contributed by atoms with E-state index in [4.69, 9.17) is 0 Å². The number of anilines is 1. The summed E-state index contributed by atoms with van der Waals surface area (Å²) in [5, 5.41) is 0. The van der Waals surface area contributed by atoms with Crippen LogP contribution in [0.5, 0.6) is 0 Å². The molecule has 0 atom stereocenters. The smallest absolute Gasteiger partial charge is 0.368 e. The number of nitrogens with zero attached hydrogens (tertiary/aromatic N) is 4. The van der Waals surface area contributed by atoms with Crippen LogP contribution in [0.15, 0.2) is 42.5 Å². The fourth-order valence-corrected chi connectivity index (χ4v) is 5.12. The van der Waals surface area contributed by atoms with Gasteiger partial charge in [-0.2, -0.15) is 13.2 Å². The Labute approximate surface area is 202 Å². The molecule has 0 saturated carbocycles. The molecule has 3 heterocycles. The standard InChI is InChI=1S/C26H30F3N5O/c1-18-5-6-22-23(15-18)31-24(30-22)17-32-9-7-19(8-10-32)25(35)34-13-11-33(12-14-34)21-4-2-3-20(16-21)26(27,28)29/h2-6,15-16,19H,7-14,17H2,1H3,(H,30,31). The topological polar surface area (TPSA) is 55.5 Å². The molecule has 2 saturated heterocycles. The van der Waals surface area contributed by atoms with Crippen molar-refractivity contribution in [2.24, 2.45) is 5.92 Å². The van der Waals surface area contributed by atoms with Gasteiger partial charge in [0, 0.05) is 37.8 Å². The molecule has 0 aliphatic carbocycles. The summed E-state index contributed by atoms with van der Waals surface area (Å²) in [5.41, 5.74) is 3.14. The van der Waals surface area contributed by atoms with E-state index in [-0.39, 0.29) is 11.8 Å². The van der Waals surface area contributed by atoms with Crippen molar-refractivity contribution in [1.29, 1.82) is 0 Å². The Morgan fingerprint density at radius 3 is 2.49 bits per heavy atom. The number of amides is 1. The molecule has 0 spiro atoms. The van der Waals surface area contributed by atoms with Crippen LogP contribution >= 0.6 is 0 Å². The first-order chi connectivity index (χ1) is 16.8. The first-order valence-corrected chi connectivity index (χ1v) is 12.1. The molecule has 0 radical (unpaired) electrons. The SMILES string of the molecule is Cc1ccc2nc(CN3CCC(C(=O)N4CCN(c5cccc(C(F)(F)F)c5)CC4)CC3)[nH]c2c1. The molecule has 1 aromatic heterocycles. The maximum atomic E-state index is 13.1. The van der Waals surface area contributed by atoms with Crippen LogP contribution in [0.4, 0.5) is 18.9 Å². The number of carbonyl (C=O) groups is 1. The van der Waals surface area contributed by atoms with E-state index in [9.17, 15) is 18.0 Å². The molecule has 5 rings (SSSR count). The average molecular weight is 486 g/mol. The number of piperidine rings is 1. The van der Waals surface area contributed by atoms with Crippen molar-refractivity contribution >= 4 is 22.6 Å². The molecule has 1 amide bonds. The van der Waals surface area contributed by atoms with E-state index in [1.165, 1.54) is 17.7 Å². The minimum absolute atomic E-state index is 0.00433. The van der Waals surface area contributed by atoms with Crippen molar-refractivity contribution in [3.63, 3.8) is 0 Å². The summed E-state index contributed by atoms with van der Waals surface area (Å²) in [6.45, 7) is 6.64. The summed E-state index contributed by atoms with van der Waals surface area (Å²) in [4.78, 5) is 27.3. The summed E-state index contributed by atoms with van der Waals surface area (Å²) >= 11 is 0. The zero-order chi connectivity index (χ0) is 24.6. The number of piperazine rings is 1. The summed E-state index contributed by atoms with van der Waals surface area (Å²) in [5.74, 6) is 1.12. The van der Waals surface area contributed by atoms with E-state index in [2.05, 4.69) is 33.9 Å². The molecule has 186 valence electrons. The van der Waals surface area contributed by atoms with Gasteiger partial charge in [-0.25, -0.2) is 4.98 Å². The highest BCUT2D eigenvalue weighted by Crippen LogP contribution is 2.32. The number of nitrogens with one attached hydrogen (secondary N) is 1. The maximum Gasteiger partial charge on any atom is 0.416 e. The van der Waals surface area contributed by atoms with Gasteiger partial charge in [0.05, 0.1) is 23.1 Å². The number of fused-ring (bicyclic) bond motifs is 1. The molecule has 6 nitrogen and oxygen atoms in total. The molecule has 2 aromatic carbocycles. The molecular formula is C26H30F3N5O. The number of benzene rings is 2. The van der Waals surface area contributed by atoms with Crippen molar-refractivity contribution in [2.45, 2.75) is 32.5 Å². The van der Waals surface area contributed by atoms with Crippen molar-refractivity contribution in [3.05, 3.63) is 59.4 Å². The van der Waals surface area contributed by atoms with Gasteiger partial charge in [0.15, 0.2) is 0 Å². The van der Waals surface area contributed by atoms with E-state index >= 15 is 0 Å². The number of aryl methyl sites for hydroxylation is 1. The van der Waals surface area contributed by atoms with E-state index in [0.717, 1.165) is 55.4 Å². The van der Waals surface area contributed by atoms with Crippen LogP contribution in [0.3, 0.4) is 0 Å². The predicted molar refractivity (Wildman–Crippen MR) is 129 cm³/mol. The molecule has 9 heteroatoms. The Balaban J connectivity index is 1.11. The van der Waals surface area contributed by atoms with Gasteiger partial charge in [0.1, 0.15) is 5.82 Å². The van der Waals surface area contributed by atoms with Gasteiger partial charge in [0.25, 0.3) is 0 Å². The van der Waals surface area contributed by atoms with Crippen molar-refractivity contribution in [3.8, 4) is 0 Å². The number of aromatic nitrogens is 2. The Bertz CT molecular complexity index is 1190. The molecule has 0 bridgehead atoms. The highest BCUT2D eigenvalue weighted by atomic mass is 19.4. The molecule has 2 fully saturated rings. The monoisotopic (exact) mass is 485 g/mol. The van der Waals surface area contributed by atoms with E-state index in [1.54, 1.807) is 6.07 Å². The molecule has 1 N–H and O–H groups in total. The summed E-state index contributed by atoms with van der Waals surface area (Å²) in [7, 11) is 0. The number of hydrogen-bond donors (Lipinski definition) is 1. The number of aromatic amines is 1. The lowest BCUT2D eigenvalue weighted by atomic mass is 9.95. The first-order valence-electron chi connectivity index (χ1n) is 12.1. The molecule has 2 aliphatic rings. The number of H-pyrrole nitrogens is 1. The number of carbonyl (C=O) groups excluding carboxylic acids is 1. The second kappa shape index (κ2) is 9.53. The number of hydrogen-bond acceptors (Lipinski definition) is 4. The van der Waals surface area contributed by atoms with Crippen LogP contribution in [-0.2, 0) is 17.5 Å². The molecular weight excluding hydrogens is 455 g/mol. The number of rotatable bonds is 4. The Morgan fingerprint density at radius 1 is 1.03 bits per heavy atom. The summed E-state index contributed by atoms with van der Waals surface area (Å²) in [6.07, 6.45) is -2.73. The molecule has 3 aromatic rings. The fraction of sp³-hybridized carbons (Fsp3) is 0.462. The van der Waals surface area contributed by atoms with Crippen molar-refractivity contribution in [2.75, 3.05) is 44.2 Å². The Hall–Kier alpha value is -3.07.